The highest BCUT2D eigenvalue weighted by molar-refractivity contribution is 6.32. The summed E-state index contributed by atoms with van der Waals surface area (Å²) in [5.41, 5.74) is 1.79. The number of benzene rings is 1. The molecule has 4 rings (SSSR count). The van der Waals surface area contributed by atoms with Crippen LogP contribution in [0.1, 0.15) is 57.9 Å². The number of aromatic nitrogens is 1. The van der Waals surface area contributed by atoms with Crippen LogP contribution in [0, 0.1) is 18.8 Å². The Bertz CT molecular complexity index is 873. The standard InChI is InChI=1S/C23H32ClN3O3/c1-14-11-20-19(13-18(14)24)26-22(30-20)27-9-7-15(8-10-27)21(28)25-17-6-4-5-16(12-17)23(2,3)29/h11,13,15-17,29H,4-10,12H2,1-3H3,(H,25,28)/t16-,17-/m0/s1. The molecule has 2 fully saturated rings. The third-order valence-electron chi connectivity index (χ3n) is 6.81. The van der Waals surface area contributed by atoms with E-state index in [9.17, 15) is 9.90 Å². The summed E-state index contributed by atoms with van der Waals surface area (Å²) in [4.78, 5) is 19.5. The van der Waals surface area contributed by atoms with Gasteiger partial charge in [0.15, 0.2) is 5.58 Å². The third kappa shape index (κ3) is 4.59. The first-order valence-corrected chi connectivity index (χ1v) is 11.4. The van der Waals surface area contributed by atoms with E-state index in [0.717, 1.165) is 68.3 Å². The van der Waals surface area contributed by atoms with Crippen molar-refractivity contribution in [1.29, 1.82) is 0 Å². The zero-order chi connectivity index (χ0) is 21.5. The first-order chi connectivity index (χ1) is 14.2. The number of carbonyl (C=O) groups excluding carboxylic acids is 1. The lowest BCUT2D eigenvalue weighted by Crippen LogP contribution is -2.47. The van der Waals surface area contributed by atoms with Gasteiger partial charge in [-0.1, -0.05) is 18.0 Å². The lowest BCUT2D eigenvalue weighted by Gasteiger charge is -2.37. The zero-order valence-electron chi connectivity index (χ0n) is 18.1. The maximum absolute atomic E-state index is 12.8. The minimum Gasteiger partial charge on any atom is -0.423 e. The molecule has 0 radical (unpaired) electrons. The van der Waals surface area contributed by atoms with E-state index in [1.165, 1.54) is 0 Å². The molecule has 1 saturated heterocycles. The molecule has 2 N–H and O–H groups in total. The molecular weight excluding hydrogens is 402 g/mol. The van der Waals surface area contributed by atoms with Crippen LogP contribution in [-0.2, 0) is 4.79 Å². The predicted octanol–water partition coefficient (Wildman–Crippen LogP) is 4.45. The van der Waals surface area contributed by atoms with Crippen LogP contribution in [0.4, 0.5) is 6.01 Å². The monoisotopic (exact) mass is 433 g/mol. The first kappa shape index (κ1) is 21.4. The molecule has 2 aliphatic rings. The molecule has 1 aromatic carbocycles. The Hall–Kier alpha value is -1.79. The van der Waals surface area contributed by atoms with Gasteiger partial charge in [0.1, 0.15) is 5.52 Å². The van der Waals surface area contributed by atoms with E-state index in [1.54, 1.807) is 0 Å². The van der Waals surface area contributed by atoms with E-state index >= 15 is 0 Å². The number of amides is 1. The lowest BCUT2D eigenvalue weighted by atomic mass is 9.76. The highest BCUT2D eigenvalue weighted by Gasteiger charge is 2.34. The molecule has 1 aromatic heterocycles. The van der Waals surface area contributed by atoms with Crippen LogP contribution < -0.4 is 10.2 Å². The molecule has 1 amide bonds. The van der Waals surface area contributed by atoms with Gasteiger partial charge in [0.2, 0.25) is 5.91 Å². The Balaban J connectivity index is 1.32. The molecule has 164 valence electrons. The Kier molecular flexibility index (Phi) is 5.99. The Morgan fingerprint density at radius 2 is 2.00 bits per heavy atom. The largest absolute Gasteiger partial charge is 0.423 e. The number of hydrogen-bond acceptors (Lipinski definition) is 5. The second-order valence-corrected chi connectivity index (χ2v) is 9.96. The van der Waals surface area contributed by atoms with E-state index < -0.39 is 5.60 Å². The summed E-state index contributed by atoms with van der Waals surface area (Å²) in [6.45, 7) is 7.19. The van der Waals surface area contributed by atoms with Crippen molar-refractivity contribution in [3.63, 3.8) is 0 Å². The molecule has 1 saturated carbocycles. The fraction of sp³-hybridized carbons (Fsp3) is 0.652. The summed E-state index contributed by atoms with van der Waals surface area (Å²) in [6, 6.07) is 4.53. The molecule has 2 heterocycles. The zero-order valence-corrected chi connectivity index (χ0v) is 18.8. The summed E-state index contributed by atoms with van der Waals surface area (Å²) < 4.78 is 5.94. The quantitative estimate of drug-likeness (QED) is 0.744. The van der Waals surface area contributed by atoms with Crippen LogP contribution in [0.15, 0.2) is 16.5 Å². The maximum Gasteiger partial charge on any atom is 0.298 e. The molecular formula is C23H32ClN3O3. The molecule has 2 aromatic rings. The summed E-state index contributed by atoms with van der Waals surface area (Å²) in [5.74, 6) is 0.413. The van der Waals surface area contributed by atoms with Gasteiger partial charge in [-0.25, -0.2) is 0 Å². The second-order valence-electron chi connectivity index (χ2n) is 9.55. The average molecular weight is 434 g/mol. The van der Waals surface area contributed by atoms with Gasteiger partial charge in [-0.15, -0.1) is 0 Å². The van der Waals surface area contributed by atoms with Gasteiger partial charge in [0.25, 0.3) is 6.01 Å². The predicted molar refractivity (Wildman–Crippen MR) is 119 cm³/mol. The van der Waals surface area contributed by atoms with Gasteiger partial charge < -0.3 is 19.7 Å². The number of nitrogens with one attached hydrogen (secondary N) is 1. The summed E-state index contributed by atoms with van der Waals surface area (Å²) >= 11 is 6.20. The summed E-state index contributed by atoms with van der Waals surface area (Å²) in [7, 11) is 0. The second kappa shape index (κ2) is 8.39. The molecule has 0 bridgehead atoms. The highest BCUT2D eigenvalue weighted by atomic mass is 35.5. The van der Waals surface area contributed by atoms with Crippen molar-refractivity contribution in [2.24, 2.45) is 11.8 Å². The van der Waals surface area contributed by atoms with Crippen LogP contribution in [0.5, 0.6) is 0 Å². The fourth-order valence-corrected chi connectivity index (χ4v) is 4.95. The normalized spacial score (nSPS) is 23.7. The average Bonchev–Trinajstić information content (AvgIpc) is 3.10. The SMILES string of the molecule is Cc1cc2oc(N3CCC(C(=O)N[C@H]4CCC[C@H](C(C)(C)O)C4)CC3)nc2cc1Cl. The van der Waals surface area contributed by atoms with Gasteiger partial charge in [-0.2, -0.15) is 4.98 Å². The van der Waals surface area contributed by atoms with E-state index in [-0.39, 0.29) is 23.8 Å². The molecule has 2 atom stereocenters. The number of carbonyl (C=O) groups is 1. The fourth-order valence-electron chi connectivity index (χ4n) is 4.79. The van der Waals surface area contributed by atoms with Crippen LogP contribution in [0.3, 0.4) is 0 Å². The van der Waals surface area contributed by atoms with Crippen LogP contribution in [0.2, 0.25) is 5.02 Å². The number of anilines is 1. The number of aliphatic hydroxyl groups is 1. The van der Waals surface area contributed by atoms with Crippen molar-refractivity contribution in [3.05, 3.63) is 22.7 Å². The minimum absolute atomic E-state index is 0.0184. The Morgan fingerprint density at radius 3 is 2.70 bits per heavy atom. The van der Waals surface area contributed by atoms with Gasteiger partial charge in [-0.05, 0) is 76.5 Å². The Labute approximate surface area is 183 Å². The van der Waals surface area contributed by atoms with Crippen LogP contribution in [-0.4, -0.2) is 40.7 Å². The van der Waals surface area contributed by atoms with E-state index in [4.69, 9.17) is 16.0 Å². The van der Waals surface area contributed by atoms with Gasteiger partial charge in [0.05, 0.1) is 5.60 Å². The topological polar surface area (TPSA) is 78.6 Å². The van der Waals surface area contributed by atoms with Crippen molar-refractivity contribution >= 4 is 34.6 Å². The number of fused-ring (bicyclic) bond motifs is 1. The lowest BCUT2D eigenvalue weighted by molar-refractivity contribution is -0.127. The molecule has 7 heteroatoms. The van der Waals surface area contributed by atoms with Gasteiger partial charge in [-0.3, -0.25) is 4.79 Å². The number of halogens is 1. The summed E-state index contributed by atoms with van der Waals surface area (Å²) in [5, 5.41) is 14.3. The van der Waals surface area contributed by atoms with Crippen LogP contribution >= 0.6 is 11.6 Å². The van der Waals surface area contributed by atoms with Crippen molar-refractivity contribution in [1.82, 2.24) is 10.3 Å². The van der Waals surface area contributed by atoms with E-state index in [1.807, 2.05) is 32.9 Å². The summed E-state index contributed by atoms with van der Waals surface area (Å²) in [6.07, 6.45) is 5.52. The molecule has 1 aliphatic carbocycles. The number of nitrogens with zero attached hydrogens (tertiary/aromatic N) is 2. The number of oxazole rings is 1. The minimum atomic E-state index is -0.683. The van der Waals surface area contributed by atoms with Crippen molar-refractivity contribution in [2.45, 2.75) is 70.9 Å². The number of aryl methyl sites for hydroxylation is 1. The number of piperidine rings is 1. The van der Waals surface area contributed by atoms with Crippen molar-refractivity contribution in [2.75, 3.05) is 18.0 Å². The molecule has 0 spiro atoms. The van der Waals surface area contributed by atoms with Gasteiger partial charge >= 0.3 is 0 Å². The van der Waals surface area contributed by atoms with Crippen molar-refractivity contribution in [3.8, 4) is 0 Å². The van der Waals surface area contributed by atoms with Crippen molar-refractivity contribution < 1.29 is 14.3 Å². The first-order valence-electron chi connectivity index (χ1n) is 11.0. The molecule has 1 aliphatic heterocycles. The molecule has 6 nitrogen and oxygen atoms in total. The smallest absolute Gasteiger partial charge is 0.298 e. The molecule has 30 heavy (non-hydrogen) atoms. The Morgan fingerprint density at radius 1 is 1.27 bits per heavy atom. The number of rotatable bonds is 4. The maximum atomic E-state index is 12.8. The van der Waals surface area contributed by atoms with E-state index in [2.05, 4.69) is 15.2 Å². The molecule has 0 unspecified atom stereocenters. The van der Waals surface area contributed by atoms with E-state index in [0.29, 0.717) is 11.0 Å². The highest BCUT2D eigenvalue weighted by Crippen LogP contribution is 2.33. The number of hydrogen-bond donors (Lipinski definition) is 2. The van der Waals surface area contributed by atoms with Crippen LogP contribution in [0.25, 0.3) is 11.1 Å². The third-order valence-corrected chi connectivity index (χ3v) is 7.22. The van der Waals surface area contributed by atoms with Gasteiger partial charge in [0, 0.05) is 30.1 Å².